The van der Waals surface area contributed by atoms with Crippen LogP contribution in [-0.2, 0) is 32.5 Å². The molecule has 0 amide bonds. The molecule has 0 N–H and O–H groups in total. The number of anilines is 3. The molecule has 4 heteroatoms. The highest BCUT2D eigenvalue weighted by Crippen LogP contribution is 2.67. The first-order valence-electron chi connectivity index (χ1n) is 31.4. The Balaban J connectivity index is 1.04. The summed E-state index contributed by atoms with van der Waals surface area (Å²) in [6, 6.07) is 84.5. The van der Waals surface area contributed by atoms with Crippen molar-refractivity contribution in [1.82, 2.24) is 0 Å². The summed E-state index contributed by atoms with van der Waals surface area (Å²) in [4.78, 5) is 2.56. The zero-order chi connectivity index (χ0) is 60.6. The van der Waals surface area contributed by atoms with Gasteiger partial charge in [-0.15, -0.1) is 0 Å². The van der Waals surface area contributed by atoms with Gasteiger partial charge in [-0.2, -0.15) is 0 Å². The maximum absolute atomic E-state index is 7.29. The van der Waals surface area contributed by atoms with Crippen LogP contribution in [0.25, 0.3) is 55.3 Å². The van der Waals surface area contributed by atoms with Crippen LogP contribution in [-0.4, -0.2) is 0 Å². The number of rotatable bonds is 4. The Bertz CT molecular complexity index is 4800. The van der Waals surface area contributed by atoms with Gasteiger partial charge in [0.25, 0.3) is 0 Å². The molecule has 2 spiro atoms. The number of furan rings is 1. The van der Waals surface area contributed by atoms with Crippen LogP contribution in [0, 0.1) is 0 Å². The zero-order valence-corrected chi connectivity index (χ0v) is 52.5. The Kier molecular flexibility index (Phi) is 11.4. The largest absolute Gasteiger partial charge is 0.457 e. The fraction of sp³-hybridized carbons (Fsp3) is 0.214. The molecule has 0 bridgehead atoms. The van der Waals surface area contributed by atoms with E-state index in [0.717, 1.165) is 95.4 Å². The summed E-state index contributed by atoms with van der Waals surface area (Å²) in [5, 5.41) is 2.18. The minimum Gasteiger partial charge on any atom is -0.457 e. The van der Waals surface area contributed by atoms with E-state index < -0.39 is 10.8 Å². The molecule has 16 rings (SSSR count). The predicted molar refractivity (Wildman–Crippen MR) is 363 cm³/mol. The highest BCUT2D eigenvalue weighted by atomic mass is 16.5. The average Bonchev–Trinajstić information content (AvgIpc) is 1.45. The van der Waals surface area contributed by atoms with Gasteiger partial charge >= 0.3 is 0 Å². The first-order valence-corrected chi connectivity index (χ1v) is 31.4. The summed E-state index contributed by atoms with van der Waals surface area (Å²) in [5.41, 5.74) is 24.3. The number of hydrogen-bond donors (Lipinski definition) is 0. The molecule has 4 aliphatic rings. The molecular formula is C84H73NO3. The van der Waals surface area contributed by atoms with E-state index in [4.69, 9.17) is 13.9 Å². The fourth-order valence-corrected chi connectivity index (χ4v) is 15.4. The molecule has 88 heavy (non-hydrogen) atoms. The molecule has 0 unspecified atom stereocenters. The van der Waals surface area contributed by atoms with Crippen molar-refractivity contribution in [3.05, 3.63) is 291 Å². The molecule has 0 atom stereocenters. The topological polar surface area (TPSA) is 34.8 Å². The highest BCUT2D eigenvalue weighted by molar-refractivity contribution is 6.11. The van der Waals surface area contributed by atoms with Gasteiger partial charge in [0.05, 0.1) is 22.2 Å². The molecule has 0 saturated heterocycles. The monoisotopic (exact) mass is 1140 g/mol. The minimum absolute atomic E-state index is 0.115. The van der Waals surface area contributed by atoms with Crippen molar-refractivity contribution in [2.45, 2.75) is 116 Å². The molecular weight excluding hydrogens is 1070 g/mol. The van der Waals surface area contributed by atoms with Crippen LogP contribution >= 0.6 is 0 Å². The second-order valence-electron chi connectivity index (χ2n) is 29.2. The second-order valence-corrected chi connectivity index (χ2v) is 29.2. The van der Waals surface area contributed by atoms with Crippen molar-refractivity contribution in [2.24, 2.45) is 0 Å². The standard InChI is InChI=1S/C84H73NO3/c1-79(2,3)50-35-40-55-56-41-36-51(80(4,5)6)46-66(56)84(65(55)45-50)63-29-17-20-34-73(63)86-76-44-39-54(49-69(76)84)85(70-31-18-14-23-57(70)59-26-21-27-60-58-24-15-19-33-72(58)88-78(59)60)71-32-22-30-64-77(71)61-25-13-16-28-62(61)83(64)67-47-52(81(7,8)9)37-42-74(67)87-75-43-38-53(48-68(75)83)82(10,11)12/h13-49H,1-12H3. The van der Waals surface area contributed by atoms with E-state index in [-0.39, 0.29) is 21.7 Å². The van der Waals surface area contributed by atoms with Gasteiger partial charge in [-0.05, 0) is 150 Å². The third kappa shape index (κ3) is 7.63. The number of nitrogens with zero attached hydrogens (tertiary/aromatic N) is 1. The quantitative estimate of drug-likeness (QED) is 0.176. The van der Waals surface area contributed by atoms with E-state index in [1.54, 1.807) is 0 Å². The van der Waals surface area contributed by atoms with E-state index in [0.29, 0.717) is 0 Å². The van der Waals surface area contributed by atoms with Gasteiger partial charge < -0.3 is 18.8 Å². The maximum atomic E-state index is 7.29. The zero-order valence-electron chi connectivity index (χ0n) is 52.5. The minimum atomic E-state index is -0.765. The molecule has 11 aromatic carbocycles. The summed E-state index contributed by atoms with van der Waals surface area (Å²) >= 11 is 0. The highest BCUT2D eigenvalue weighted by Gasteiger charge is 2.55. The second kappa shape index (κ2) is 18.6. The van der Waals surface area contributed by atoms with Crippen molar-refractivity contribution in [3.8, 4) is 56.4 Å². The number of para-hydroxylation sites is 4. The number of hydrogen-bond acceptors (Lipinski definition) is 4. The summed E-state index contributed by atoms with van der Waals surface area (Å²) in [6.45, 7) is 27.9. The molecule has 12 aromatic rings. The Morgan fingerprint density at radius 1 is 0.295 bits per heavy atom. The van der Waals surface area contributed by atoms with E-state index >= 15 is 0 Å². The molecule has 1 aromatic heterocycles. The van der Waals surface area contributed by atoms with Gasteiger partial charge in [0.15, 0.2) is 0 Å². The van der Waals surface area contributed by atoms with Crippen molar-refractivity contribution < 1.29 is 13.9 Å². The van der Waals surface area contributed by atoms with Crippen LogP contribution in [0.15, 0.2) is 229 Å². The summed E-state index contributed by atoms with van der Waals surface area (Å²) in [7, 11) is 0. The molecule has 0 fully saturated rings. The van der Waals surface area contributed by atoms with Crippen LogP contribution in [0.3, 0.4) is 0 Å². The van der Waals surface area contributed by atoms with E-state index in [1.165, 1.54) is 66.8 Å². The lowest BCUT2D eigenvalue weighted by Gasteiger charge is -2.41. The van der Waals surface area contributed by atoms with Crippen LogP contribution in [0.5, 0.6) is 23.0 Å². The number of fused-ring (bicyclic) bond motifs is 21. The van der Waals surface area contributed by atoms with Gasteiger partial charge in [-0.25, -0.2) is 0 Å². The van der Waals surface area contributed by atoms with Crippen molar-refractivity contribution >= 4 is 39.0 Å². The molecule has 2 aliphatic heterocycles. The molecule has 432 valence electrons. The third-order valence-corrected chi connectivity index (χ3v) is 19.9. The SMILES string of the molecule is CC(C)(C)c1ccc2c(c1)C1(c3cc(C(C)(C)C)ccc3O2)c2ccccc2-c2c(N(c3ccc4c(c3)C3(c5ccccc5O4)c4cc(C(C)(C)C)ccc4-c4ccc(C(C)(C)C)cc43)c3ccccc3-c3cccc4c3oc3ccccc34)cccc21. The van der Waals surface area contributed by atoms with Gasteiger partial charge in [0, 0.05) is 55.4 Å². The average molecular weight is 1140 g/mol. The lowest BCUT2D eigenvalue weighted by Crippen LogP contribution is -2.33. The third-order valence-electron chi connectivity index (χ3n) is 19.9. The van der Waals surface area contributed by atoms with Gasteiger partial charge in [0.2, 0.25) is 0 Å². The summed E-state index contributed by atoms with van der Waals surface area (Å²) in [5.74, 6) is 3.46. The summed E-state index contributed by atoms with van der Waals surface area (Å²) in [6.07, 6.45) is 0. The fourth-order valence-electron chi connectivity index (χ4n) is 15.4. The number of ether oxygens (including phenoxy) is 2. The lowest BCUT2D eigenvalue weighted by molar-refractivity contribution is 0.433. The van der Waals surface area contributed by atoms with Crippen LogP contribution in [0.1, 0.15) is 150 Å². The first kappa shape index (κ1) is 54.0. The molecule has 3 heterocycles. The van der Waals surface area contributed by atoms with E-state index in [1.807, 2.05) is 0 Å². The van der Waals surface area contributed by atoms with Crippen LogP contribution in [0.4, 0.5) is 17.1 Å². The Morgan fingerprint density at radius 3 is 1.35 bits per heavy atom. The normalized spacial score (nSPS) is 14.7. The van der Waals surface area contributed by atoms with E-state index in [2.05, 4.69) is 312 Å². The van der Waals surface area contributed by atoms with Gasteiger partial charge in [-0.3, -0.25) is 0 Å². The lowest BCUT2D eigenvalue weighted by atomic mass is 9.64. The molecule has 0 saturated carbocycles. The predicted octanol–water partition coefficient (Wildman–Crippen LogP) is 22.9. The van der Waals surface area contributed by atoms with Crippen molar-refractivity contribution in [1.29, 1.82) is 0 Å². The van der Waals surface area contributed by atoms with Crippen LogP contribution in [0.2, 0.25) is 0 Å². The molecule has 2 aliphatic carbocycles. The Morgan fingerprint density at radius 2 is 0.727 bits per heavy atom. The van der Waals surface area contributed by atoms with Gasteiger partial charge in [0.1, 0.15) is 34.2 Å². The molecule has 4 nitrogen and oxygen atoms in total. The van der Waals surface area contributed by atoms with Crippen LogP contribution < -0.4 is 14.4 Å². The first-order chi connectivity index (χ1) is 42.1. The van der Waals surface area contributed by atoms with Crippen molar-refractivity contribution in [3.63, 3.8) is 0 Å². The Hall–Kier alpha value is -9.38. The summed E-state index contributed by atoms with van der Waals surface area (Å²) < 4.78 is 21.4. The Labute approximate surface area is 518 Å². The van der Waals surface area contributed by atoms with Gasteiger partial charge in [-0.1, -0.05) is 241 Å². The smallest absolute Gasteiger partial charge is 0.143 e. The van der Waals surface area contributed by atoms with Crippen molar-refractivity contribution in [2.75, 3.05) is 4.90 Å². The maximum Gasteiger partial charge on any atom is 0.143 e. The van der Waals surface area contributed by atoms with E-state index in [9.17, 15) is 0 Å². The number of benzene rings is 11. The molecule has 0 radical (unpaired) electrons.